The van der Waals surface area contributed by atoms with Crippen molar-refractivity contribution in [2.45, 2.75) is 19.9 Å². The van der Waals surface area contributed by atoms with E-state index >= 15 is 0 Å². The van der Waals surface area contributed by atoms with Crippen molar-refractivity contribution in [2.24, 2.45) is 5.92 Å². The van der Waals surface area contributed by atoms with Crippen molar-refractivity contribution in [2.75, 3.05) is 31.5 Å². The fourth-order valence-electron chi connectivity index (χ4n) is 2.96. The first-order chi connectivity index (χ1) is 11.7. The first-order valence-electron chi connectivity index (χ1n) is 8.38. The molecule has 1 amide bonds. The van der Waals surface area contributed by atoms with Gasteiger partial charge in [-0.25, -0.2) is 4.98 Å². The van der Waals surface area contributed by atoms with Gasteiger partial charge in [0.1, 0.15) is 5.82 Å². The van der Waals surface area contributed by atoms with Crippen LogP contribution in [0.2, 0.25) is 0 Å². The van der Waals surface area contributed by atoms with Gasteiger partial charge in [-0.15, -0.1) is 11.3 Å². The van der Waals surface area contributed by atoms with Crippen molar-refractivity contribution in [3.05, 3.63) is 46.3 Å². The van der Waals surface area contributed by atoms with Crippen molar-refractivity contribution < 1.29 is 4.79 Å². The molecule has 1 atom stereocenters. The first-order valence-corrected chi connectivity index (χ1v) is 9.20. The highest BCUT2D eigenvalue weighted by Crippen LogP contribution is 2.17. The quantitative estimate of drug-likeness (QED) is 0.810. The molecule has 5 nitrogen and oxygen atoms in total. The second kappa shape index (κ2) is 8.26. The Morgan fingerprint density at radius 1 is 1.38 bits per heavy atom. The van der Waals surface area contributed by atoms with Crippen LogP contribution in [0.15, 0.2) is 36.5 Å². The molecule has 2 N–H and O–H groups in total. The molecule has 0 saturated carbocycles. The van der Waals surface area contributed by atoms with Gasteiger partial charge in [-0.1, -0.05) is 6.07 Å². The van der Waals surface area contributed by atoms with Crippen LogP contribution in [-0.2, 0) is 11.3 Å². The number of rotatable bonds is 7. The molecule has 2 aromatic rings. The van der Waals surface area contributed by atoms with Gasteiger partial charge in [-0.05, 0) is 50.1 Å². The lowest BCUT2D eigenvalue weighted by atomic mass is 10.1. The highest BCUT2D eigenvalue weighted by atomic mass is 32.1. The predicted molar refractivity (Wildman–Crippen MR) is 98.2 cm³/mol. The van der Waals surface area contributed by atoms with Crippen molar-refractivity contribution in [3.8, 4) is 0 Å². The summed E-state index contributed by atoms with van der Waals surface area (Å²) >= 11 is 1.73. The van der Waals surface area contributed by atoms with E-state index in [1.54, 1.807) is 17.5 Å². The molecular formula is C18H24N4OS. The number of aryl methyl sites for hydroxylation is 1. The monoisotopic (exact) mass is 344 g/mol. The summed E-state index contributed by atoms with van der Waals surface area (Å²) in [5.41, 5.74) is 0. The van der Waals surface area contributed by atoms with Crippen LogP contribution in [0.3, 0.4) is 0 Å². The van der Waals surface area contributed by atoms with E-state index in [1.165, 1.54) is 9.75 Å². The minimum atomic E-state index is 0.111. The van der Waals surface area contributed by atoms with E-state index in [2.05, 4.69) is 39.6 Å². The largest absolute Gasteiger partial charge is 0.370 e. The molecule has 0 bridgehead atoms. The predicted octanol–water partition coefficient (Wildman–Crippen LogP) is 2.50. The van der Waals surface area contributed by atoms with Gasteiger partial charge in [0.05, 0.1) is 13.1 Å². The Hall–Kier alpha value is -1.92. The molecule has 2 aromatic heterocycles. The zero-order chi connectivity index (χ0) is 16.8. The topological polar surface area (TPSA) is 57.3 Å². The van der Waals surface area contributed by atoms with Crippen LogP contribution in [-0.4, -0.2) is 42.0 Å². The molecular weight excluding hydrogens is 320 g/mol. The van der Waals surface area contributed by atoms with Gasteiger partial charge in [0.2, 0.25) is 5.91 Å². The number of amides is 1. The molecule has 0 aliphatic carbocycles. The molecule has 0 spiro atoms. The summed E-state index contributed by atoms with van der Waals surface area (Å²) in [6.07, 6.45) is 2.92. The Labute approximate surface area is 147 Å². The first kappa shape index (κ1) is 16.9. The average Bonchev–Trinajstić information content (AvgIpc) is 3.21. The van der Waals surface area contributed by atoms with E-state index in [4.69, 9.17) is 0 Å². The number of likely N-dealkylation sites (tertiary alicyclic amines) is 1. The van der Waals surface area contributed by atoms with E-state index in [0.29, 0.717) is 19.0 Å². The van der Waals surface area contributed by atoms with Crippen LogP contribution in [0.5, 0.6) is 0 Å². The maximum atomic E-state index is 12.1. The van der Waals surface area contributed by atoms with Gasteiger partial charge >= 0.3 is 0 Å². The normalized spacial score (nSPS) is 17.8. The number of carbonyl (C=O) groups is 1. The van der Waals surface area contributed by atoms with Crippen LogP contribution in [0.4, 0.5) is 5.82 Å². The summed E-state index contributed by atoms with van der Waals surface area (Å²) < 4.78 is 0. The summed E-state index contributed by atoms with van der Waals surface area (Å²) in [6, 6.07) is 10.0. The summed E-state index contributed by atoms with van der Waals surface area (Å²) in [5.74, 6) is 1.60. The Kier molecular flexibility index (Phi) is 5.82. The van der Waals surface area contributed by atoms with Crippen LogP contribution >= 0.6 is 11.3 Å². The fourth-order valence-corrected chi connectivity index (χ4v) is 3.79. The Bertz CT molecular complexity index is 658. The number of aromatic nitrogens is 1. The Morgan fingerprint density at radius 2 is 2.29 bits per heavy atom. The Balaban J connectivity index is 1.35. The molecule has 0 aromatic carbocycles. The van der Waals surface area contributed by atoms with Gasteiger partial charge in [-0.2, -0.15) is 0 Å². The minimum absolute atomic E-state index is 0.111. The molecule has 24 heavy (non-hydrogen) atoms. The van der Waals surface area contributed by atoms with Gasteiger partial charge < -0.3 is 10.6 Å². The molecule has 6 heteroatoms. The second-order valence-corrected chi connectivity index (χ2v) is 7.65. The maximum absolute atomic E-state index is 12.1. The standard InChI is InChI=1S/C18H24N4OS/c1-14-5-6-16(24-14)11-21-18(23)13-22-9-7-15(12-22)10-20-17-4-2-3-8-19-17/h2-6,8,15H,7,9-13H2,1H3,(H,19,20)(H,21,23)/t15-/m0/s1. The van der Waals surface area contributed by atoms with Gasteiger partial charge in [0.15, 0.2) is 0 Å². The third-order valence-electron chi connectivity index (χ3n) is 4.23. The lowest BCUT2D eigenvalue weighted by Crippen LogP contribution is -2.36. The van der Waals surface area contributed by atoms with Crippen LogP contribution < -0.4 is 10.6 Å². The summed E-state index contributed by atoms with van der Waals surface area (Å²) in [7, 11) is 0. The SMILES string of the molecule is Cc1ccc(CNC(=O)CN2CC[C@@H](CNc3ccccn3)C2)s1. The van der Waals surface area contributed by atoms with Gasteiger partial charge in [-0.3, -0.25) is 9.69 Å². The van der Waals surface area contributed by atoms with Crippen LogP contribution in [0.1, 0.15) is 16.2 Å². The molecule has 1 saturated heterocycles. The number of hydrogen-bond donors (Lipinski definition) is 2. The molecule has 128 valence electrons. The number of hydrogen-bond acceptors (Lipinski definition) is 5. The minimum Gasteiger partial charge on any atom is -0.370 e. The average molecular weight is 344 g/mol. The van der Waals surface area contributed by atoms with Crippen molar-refractivity contribution in [1.29, 1.82) is 0 Å². The van der Waals surface area contributed by atoms with Crippen molar-refractivity contribution in [3.63, 3.8) is 0 Å². The van der Waals surface area contributed by atoms with E-state index in [9.17, 15) is 4.79 Å². The lowest BCUT2D eigenvalue weighted by molar-refractivity contribution is -0.122. The third kappa shape index (κ3) is 5.04. The molecule has 1 fully saturated rings. The van der Waals surface area contributed by atoms with Crippen LogP contribution in [0.25, 0.3) is 0 Å². The smallest absolute Gasteiger partial charge is 0.234 e. The zero-order valence-electron chi connectivity index (χ0n) is 14.0. The van der Waals surface area contributed by atoms with E-state index in [0.717, 1.165) is 31.9 Å². The molecule has 3 rings (SSSR count). The van der Waals surface area contributed by atoms with Gasteiger partial charge in [0.25, 0.3) is 0 Å². The maximum Gasteiger partial charge on any atom is 0.234 e. The summed E-state index contributed by atoms with van der Waals surface area (Å²) in [6.45, 7) is 6.06. The van der Waals surface area contributed by atoms with Crippen molar-refractivity contribution in [1.82, 2.24) is 15.2 Å². The summed E-state index contributed by atoms with van der Waals surface area (Å²) in [4.78, 5) is 21.1. The van der Waals surface area contributed by atoms with Gasteiger partial charge in [0, 0.05) is 29.0 Å². The number of nitrogens with zero attached hydrogens (tertiary/aromatic N) is 2. The molecule has 1 aliphatic rings. The molecule has 0 unspecified atom stereocenters. The summed E-state index contributed by atoms with van der Waals surface area (Å²) in [5, 5.41) is 6.39. The molecule has 0 radical (unpaired) electrons. The van der Waals surface area contributed by atoms with Crippen molar-refractivity contribution >= 4 is 23.1 Å². The number of anilines is 1. The molecule has 3 heterocycles. The lowest BCUT2D eigenvalue weighted by Gasteiger charge is -2.16. The van der Waals surface area contributed by atoms with Crippen LogP contribution in [0, 0.1) is 12.8 Å². The number of nitrogens with one attached hydrogen (secondary N) is 2. The number of pyridine rings is 1. The van der Waals surface area contributed by atoms with E-state index in [1.807, 2.05) is 18.2 Å². The molecule has 1 aliphatic heterocycles. The second-order valence-electron chi connectivity index (χ2n) is 6.27. The zero-order valence-corrected chi connectivity index (χ0v) is 14.8. The van der Waals surface area contributed by atoms with E-state index in [-0.39, 0.29) is 5.91 Å². The van der Waals surface area contributed by atoms with E-state index < -0.39 is 0 Å². The fraction of sp³-hybridized carbons (Fsp3) is 0.444. The third-order valence-corrected chi connectivity index (χ3v) is 5.23. The number of carbonyl (C=O) groups excluding carboxylic acids is 1. The Morgan fingerprint density at radius 3 is 3.04 bits per heavy atom. The number of thiophene rings is 1. The highest BCUT2D eigenvalue weighted by Gasteiger charge is 2.23. The highest BCUT2D eigenvalue weighted by molar-refractivity contribution is 7.11.